The van der Waals surface area contributed by atoms with E-state index in [1.165, 1.54) is 6.07 Å². The van der Waals surface area contributed by atoms with Gasteiger partial charge in [0, 0.05) is 28.6 Å². The molecule has 0 fully saturated rings. The van der Waals surface area contributed by atoms with Gasteiger partial charge in [0.05, 0.1) is 30.8 Å². The Kier molecular flexibility index (Phi) is 8.69. The Labute approximate surface area is 271 Å². The molecule has 6 rings (SSSR count). The number of pyridine rings is 1. The second-order valence-corrected chi connectivity index (χ2v) is 10.1. The number of para-hydroxylation sites is 1. The molecular formula is C34H28N5NaO3. The van der Waals surface area contributed by atoms with Crippen LogP contribution in [0, 0.1) is 25.7 Å². The number of aromatic carboxylic acids is 1. The van der Waals surface area contributed by atoms with Gasteiger partial charge in [0.1, 0.15) is 22.8 Å². The molecule has 0 aliphatic carbocycles. The molecule has 0 amide bonds. The van der Waals surface area contributed by atoms with Crippen molar-refractivity contribution in [3.63, 3.8) is 0 Å². The Hall–Kier alpha value is -4.42. The SMILES string of the molecule is CCc1nc2c(C)cc(C)nc2n1Cc1ccc2nn(-c3ccccc3C(=O)[O-])c(C#Cc3cccc(OC)c3)c2c1.[Na+]. The average Bonchev–Trinajstić information content (AvgIpc) is 3.53. The molecule has 0 aliphatic heterocycles. The standard InChI is InChI=1S/C34H29N5O3.Na/c1-5-31-36-32-21(2)17-22(3)35-33(32)38(31)20-24-13-15-28-27(19-24)30(16-14-23-9-8-10-25(18-23)42-4)39(37-28)29-12-7-6-11-26(29)34(40)41;/h6-13,15,17-19H,5,20H2,1-4H3,(H,40,41);/q;+1/p-1. The monoisotopic (exact) mass is 577 g/mol. The first-order valence-corrected chi connectivity index (χ1v) is 13.7. The predicted octanol–water partition coefficient (Wildman–Crippen LogP) is 1.77. The molecule has 3 aromatic heterocycles. The van der Waals surface area contributed by atoms with E-state index in [1.807, 2.05) is 43.3 Å². The van der Waals surface area contributed by atoms with Crippen LogP contribution in [0.15, 0.2) is 72.8 Å². The van der Waals surface area contributed by atoms with Crippen LogP contribution >= 0.6 is 0 Å². The van der Waals surface area contributed by atoms with Gasteiger partial charge in [0.25, 0.3) is 0 Å². The fraction of sp³-hybridized carbons (Fsp3) is 0.176. The largest absolute Gasteiger partial charge is 1.00 e. The number of nitrogens with zero attached hydrogens (tertiary/aromatic N) is 5. The maximum atomic E-state index is 12.0. The maximum absolute atomic E-state index is 12.0. The maximum Gasteiger partial charge on any atom is 1.00 e. The number of hydrogen-bond donors (Lipinski definition) is 0. The zero-order valence-electron chi connectivity index (χ0n) is 24.8. The van der Waals surface area contributed by atoms with Gasteiger partial charge in [-0.15, -0.1) is 0 Å². The summed E-state index contributed by atoms with van der Waals surface area (Å²) < 4.78 is 9.11. The van der Waals surface area contributed by atoms with Crippen molar-refractivity contribution in [2.45, 2.75) is 33.7 Å². The Morgan fingerprint density at radius 1 is 0.977 bits per heavy atom. The minimum atomic E-state index is -1.28. The molecule has 9 heteroatoms. The first-order chi connectivity index (χ1) is 20.4. The van der Waals surface area contributed by atoms with Crippen molar-refractivity contribution in [1.29, 1.82) is 0 Å². The van der Waals surface area contributed by atoms with E-state index in [0.717, 1.165) is 51.2 Å². The molecule has 8 nitrogen and oxygen atoms in total. The second kappa shape index (κ2) is 12.4. The number of benzene rings is 3. The normalized spacial score (nSPS) is 10.8. The van der Waals surface area contributed by atoms with Crippen molar-refractivity contribution in [3.05, 3.63) is 112 Å². The number of fused-ring (bicyclic) bond motifs is 2. The van der Waals surface area contributed by atoms with Gasteiger partial charge >= 0.3 is 29.6 Å². The van der Waals surface area contributed by atoms with Gasteiger partial charge in [0.15, 0.2) is 5.65 Å². The predicted molar refractivity (Wildman–Crippen MR) is 160 cm³/mol. The van der Waals surface area contributed by atoms with E-state index in [1.54, 1.807) is 30.0 Å². The van der Waals surface area contributed by atoms with Crippen LogP contribution in [-0.4, -0.2) is 37.4 Å². The minimum absolute atomic E-state index is 0. The number of aromatic nitrogens is 5. The zero-order valence-corrected chi connectivity index (χ0v) is 26.8. The van der Waals surface area contributed by atoms with Crippen molar-refractivity contribution in [2.24, 2.45) is 0 Å². The number of rotatable bonds is 6. The third-order valence-corrected chi connectivity index (χ3v) is 7.24. The smallest absolute Gasteiger partial charge is 0.545 e. The van der Waals surface area contributed by atoms with Crippen molar-refractivity contribution < 1.29 is 44.2 Å². The number of carboxylic acid groups (broad SMARTS) is 1. The number of ether oxygens (including phenoxy) is 1. The van der Waals surface area contributed by atoms with E-state index in [4.69, 9.17) is 19.8 Å². The fourth-order valence-corrected chi connectivity index (χ4v) is 5.25. The summed E-state index contributed by atoms with van der Waals surface area (Å²) in [5.41, 5.74) is 7.28. The summed E-state index contributed by atoms with van der Waals surface area (Å²) >= 11 is 0. The van der Waals surface area contributed by atoms with E-state index in [-0.39, 0.29) is 35.1 Å². The number of carboxylic acids is 1. The van der Waals surface area contributed by atoms with Crippen LogP contribution in [0.25, 0.3) is 27.8 Å². The molecule has 0 unspecified atom stereocenters. The van der Waals surface area contributed by atoms with Crippen LogP contribution in [0.3, 0.4) is 0 Å². The van der Waals surface area contributed by atoms with Gasteiger partial charge in [0.2, 0.25) is 0 Å². The Morgan fingerprint density at radius 2 is 1.79 bits per heavy atom. The molecule has 0 saturated heterocycles. The number of hydrogen-bond acceptors (Lipinski definition) is 6. The molecule has 0 radical (unpaired) electrons. The van der Waals surface area contributed by atoms with Gasteiger partial charge in [-0.2, -0.15) is 5.10 Å². The fourth-order valence-electron chi connectivity index (χ4n) is 5.25. The van der Waals surface area contributed by atoms with E-state index in [2.05, 4.69) is 42.4 Å². The summed E-state index contributed by atoms with van der Waals surface area (Å²) in [5, 5.41) is 17.6. The van der Waals surface area contributed by atoms with E-state index in [9.17, 15) is 9.90 Å². The van der Waals surface area contributed by atoms with Crippen LogP contribution in [0.1, 0.15) is 51.2 Å². The number of carbonyl (C=O) groups is 1. The molecule has 0 aliphatic rings. The molecule has 0 N–H and O–H groups in total. The number of methoxy groups -OCH3 is 1. The summed E-state index contributed by atoms with van der Waals surface area (Å²) in [6.45, 7) is 6.71. The molecule has 43 heavy (non-hydrogen) atoms. The Bertz CT molecular complexity index is 2070. The molecule has 0 saturated carbocycles. The van der Waals surface area contributed by atoms with Crippen LogP contribution in [0.5, 0.6) is 5.75 Å². The van der Waals surface area contributed by atoms with E-state index < -0.39 is 5.97 Å². The van der Waals surface area contributed by atoms with Crippen LogP contribution in [0.2, 0.25) is 0 Å². The summed E-state index contributed by atoms with van der Waals surface area (Å²) in [6, 6.07) is 22.2. The van der Waals surface area contributed by atoms with Crippen molar-refractivity contribution in [2.75, 3.05) is 7.11 Å². The number of imidazole rings is 1. The van der Waals surface area contributed by atoms with E-state index in [0.29, 0.717) is 29.2 Å². The Morgan fingerprint density at radius 3 is 2.56 bits per heavy atom. The molecule has 3 heterocycles. The molecule has 0 atom stereocenters. The van der Waals surface area contributed by atoms with Gasteiger partial charge in [-0.25, -0.2) is 14.6 Å². The Balaban J connectivity index is 0.00000368. The number of carbonyl (C=O) groups excluding carboxylic acids is 1. The zero-order chi connectivity index (χ0) is 29.4. The third-order valence-electron chi connectivity index (χ3n) is 7.24. The summed E-state index contributed by atoms with van der Waals surface area (Å²) in [5.74, 6) is 6.86. The molecule has 208 valence electrons. The number of aryl methyl sites for hydroxylation is 3. The quantitative estimate of drug-likeness (QED) is 0.221. The van der Waals surface area contributed by atoms with Crippen molar-refractivity contribution in [3.8, 4) is 23.3 Å². The molecule has 3 aromatic carbocycles. The van der Waals surface area contributed by atoms with Gasteiger partial charge in [-0.1, -0.05) is 43.2 Å². The van der Waals surface area contributed by atoms with Crippen LogP contribution in [0.4, 0.5) is 0 Å². The molecule has 0 bridgehead atoms. The van der Waals surface area contributed by atoms with Crippen LogP contribution < -0.4 is 39.4 Å². The van der Waals surface area contributed by atoms with Gasteiger partial charge in [-0.3, -0.25) is 0 Å². The van der Waals surface area contributed by atoms with Gasteiger partial charge in [-0.05, 0) is 73.4 Å². The van der Waals surface area contributed by atoms with Crippen molar-refractivity contribution in [1.82, 2.24) is 24.3 Å². The molecular weight excluding hydrogens is 549 g/mol. The molecule has 0 spiro atoms. The van der Waals surface area contributed by atoms with Crippen LogP contribution in [-0.2, 0) is 13.0 Å². The first kappa shape index (κ1) is 30.1. The van der Waals surface area contributed by atoms with Gasteiger partial charge < -0.3 is 19.2 Å². The first-order valence-electron chi connectivity index (χ1n) is 13.7. The second-order valence-electron chi connectivity index (χ2n) is 10.1. The van der Waals surface area contributed by atoms with E-state index >= 15 is 0 Å². The topological polar surface area (TPSA) is 97.9 Å². The molecule has 6 aromatic rings. The minimum Gasteiger partial charge on any atom is -0.545 e. The summed E-state index contributed by atoms with van der Waals surface area (Å²) in [4.78, 5) is 21.7. The third kappa shape index (κ3) is 5.80. The van der Waals surface area contributed by atoms with Crippen molar-refractivity contribution >= 4 is 28.0 Å². The average molecular weight is 578 g/mol. The summed E-state index contributed by atoms with van der Waals surface area (Å²) in [7, 11) is 1.61. The summed E-state index contributed by atoms with van der Waals surface area (Å²) in [6.07, 6.45) is 0.770.